The van der Waals surface area contributed by atoms with Crippen LogP contribution in [0.3, 0.4) is 0 Å². The summed E-state index contributed by atoms with van der Waals surface area (Å²) in [5.41, 5.74) is 0.472. The van der Waals surface area contributed by atoms with Crippen LogP contribution in [0.2, 0.25) is 0 Å². The predicted octanol–water partition coefficient (Wildman–Crippen LogP) is 3.05. The highest BCUT2D eigenvalue weighted by Crippen LogP contribution is 2.26. The Labute approximate surface area is 125 Å². The second-order valence-electron chi connectivity index (χ2n) is 4.47. The number of nitrogens with zero attached hydrogens (tertiary/aromatic N) is 3. The highest BCUT2D eigenvalue weighted by Gasteiger charge is 2.21. The van der Waals surface area contributed by atoms with E-state index in [1.54, 1.807) is 36.9 Å². The lowest BCUT2D eigenvalue weighted by atomic mass is 10.4. The molecule has 0 aromatic carbocycles. The monoisotopic (exact) mass is 303 g/mol. The third kappa shape index (κ3) is 2.73. The van der Waals surface area contributed by atoms with E-state index in [9.17, 15) is 4.79 Å². The second kappa shape index (κ2) is 5.53. The molecule has 0 fully saturated rings. The van der Waals surface area contributed by atoms with Crippen molar-refractivity contribution >= 4 is 17.3 Å². The van der Waals surface area contributed by atoms with E-state index in [2.05, 4.69) is 10.2 Å². The first-order valence-corrected chi connectivity index (χ1v) is 7.22. The lowest BCUT2D eigenvalue weighted by Gasteiger charge is -2.09. The van der Waals surface area contributed by atoms with Gasteiger partial charge in [-0.2, -0.15) is 0 Å². The van der Waals surface area contributed by atoms with E-state index in [0.29, 0.717) is 11.6 Å². The molecule has 0 radical (unpaired) electrons. The van der Waals surface area contributed by atoms with Gasteiger partial charge in [0.05, 0.1) is 4.88 Å². The first kappa shape index (κ1) is 13.6. The molecule has 3 aromatic heterocycles. The van der Waals surface area contributed by atoms with Crippen molar-refractivity contribution in [2.45, 2.75) is 13.0 Å². The minimum absolute atomic E-state index is 0.279. The highest BCUT2D eigenvalue weighted by atomic mass is 32.1. The lowest BCUT2D eigenvalue weighted by molar-refractivity contribution is 0.0269. The minimum Gasteiger partial charge on any atom is -0.448 e. The zero-order valence-corrected chi connectivity index (χ0v) is 12.3. The van der Waals surface area contributed by atoms with Crippen LogP contribution in [0.5, 0.6) is 0 Å². The molecule has 108 valence electrons. The average molecular weight is 303 g/mol. The maximum absolute atomic E-state index is 12.0. The molecular formula is C14H13N3O3S. The Bertz CT molecular complexity index is 745. The number of thiophene rings is 1. The van der Waals surface area contributed by atoms with Crippen molar-refractivity contribution in [3.8, 4) is 10.8 Å². The summed E-state index contributed by atoms with van der Waals surface area (Å²) in [4.78, 5) is 12.9. The number of esters is 1. The molecule has 0 N–H and O–H groups in total. The van der Waals surface area contributed by atoms with E-state index in [1.165, 1.54) is 11.3 Å². The Morgan fingerprint density at radius 1 is 1.38 bits per heavy atom. The number of carbonyl (C=O) groups is 1. The van der Waals surface area contributed by atoms with Crippen molar-refractivity contribution in [2.24, 2.45) is 7.05 Å². The molecule has 0 aliphatic heterocycles. The third-order valence-electron chi connectivity index (χ3n) is 2.96. The molecule has 3 heterocycles. The molecule has 0 aliphatic rings. The summed E-state index contributed by atoms with van der Waals surface area (Å²) in [6.45, 7) is 1.70. The Morgan fingerprint density at radius 2 is 2.24 bits per heavy atom. The Balaban J connectivity index is 1.73. The van der Waals surface area contributed by atoms with Gasteiger partial charge in [0, 0.05) is 13.2 Å². The van der Waals surface area contributed by atoms with Crippen molar-refractivity contribution in [3.63, 3.8) is 0 Å². The van der Waals surface area contributed by atoms with Gasteiger partial charge in [0.2, 0.25) is 0 Å². The summed E-state index contributed by atoms with van der Waals surface area (Å²) in [7, 11) is 1.78. The van der Waals surface area contributed by atoms with Crippen LogP contribution in [0.15, 0.2) is 40.3 Å². The number of carbonyl (C=O) groups excluding carboxylic acids is 1. The Hall–Kier alpha value is -2.41. The van der Waals surface area contributed by atoms with Crippen LogP contribution < -0.4 is 0 Å². The summed E-state index contributed by atoms with van der Waals surface area (Å²) in [6, 6.07) is 7.27. The maximum Gasteiger partial charge on any atom is 0.355 e. The first-order chi connectivity index (χ1) is 10.1. The SMILES string of the molecule is CC(OC(=O)c1cccn1C)c1nnc(-c2cccs2)o1. The van der Waals surface area contributed by atoms with E-state index >= 15 is 0 Å². The number of hydrogen-bond acceptors (Lipinski definition) is 6. The second-order valence-corrected chi connectivity index (χ2v) is 5.42. The van der Waals surface area contributed by atoms with Gasteiger partial charge < -0.3 is 13.7 Å². The molecule has 0 amide bonds. The lowest BCUT2D eigenvalue weighted by Crippen LogP contribution is -2.12. The van der Waals surface area contributed by atoms with Crippen molar-refractivity contribution in [2.75, 3.05) is 0 Å². The molecule has 0 bridgehead atoms. The fourth-order valence-electron chi connectivity index (χ4n) is 1.84. The van der Waals surface area contributed by atoms with E-state index in [0.717, 1.165) is 4.88 Å². The average Bonchev–Trinajstić information content (AvgIpc) is 3.19. The van der Waals surface area contributed by atoms with Gasteiger partial charge in [0.15, 0.2) is 6.10 Å². The van der Waals surface area contributed by atoms with Crippen molar-refractivity contribution in [3.05, 3.63) is 47.4 Å². The van der Waals surface area contributed by atoms with Crippen molar-refractivity contribution < 1.29 is 13.9 Å². The van der Waals surface area contributed by atoms with Gasteiger partial charge in [0.1, 0.15) is 5.69 Å². The van der Waals surface area contributed by atoms with E-state index in [-0.39, 0.29) is 5.89 Å². The quantitative estimate of drug-likeness (QED) is 0.693. The van der Waals surface area contributed by atoms with Crippen LogP contribution in [0.4, 0.5) is 0 Å². The molecular weight excluding hydrogens is 290 g/mol. The van der Waals surface area contributed by atoms with Gasteiger partial charge in [0.25, 0.3) is 11.8 Å². The van der Waals surface area contributed by atoms with Gasteiger partial charge in [-0.05, 0) is 30.5 Å². The predicted molar refractivity (Wildman–Crippen MR) is 76.9 cm³/mol. The third-order valence-corrected chi connectivity index (χ3v) is 3.81. The fraction of sp³-hybridized carbons (Fsp3) is 0.214. The molecule has 1 atom stereocenters. The fourth-order valence-corrected chi connectivity index (χ4v) is 2.49. The number of ether oxygens (including phenoxy) is 1. The zero-order chi connectivity index (χ0) is 14.8. The summed E-state index contributed by atoms with van der Waals surface area (Å²) >= 11 is 1.51. The molecule has 0 saturated carbocycles. The van der Waals surface area contributed by atoms with E-state index < -0.39 is 12.1 Å². The zero-order valence-electron chi connectivity index (χ0n) is 11.5. The molecule has 7 heteroatoms. The topological polar surface area (TPSA) is 70.2 Å². The number of rotatable bonds is 4. The molecule has 1 unspecified atom stereocenters. The molecule has 6 nitrogen and oxygen atoms in total. The Kier molecular flexibility index (Phi) is 3.57. The van der Waals surface area contributed by atoms with Crippen LogP contribution in [0.1, 0.15) is 29.4 Å². The van der Waals surface area contributed by atoms with Crippen LogP contribution >= 0.6 is 11.3 Å². The van der Waals surface area contributed by atoms with E-state index in [1.807, 2.05) is 17.5 Å². The molecule has 3 aromatic rings. The number of aromatic nitrogens is 3. The van der Waals surface area contributed by atoms with Gasteiger partial charge in [-0.25, -0.2) is 4.79 Å². The molecule has 3 rings (SSSR count). The van der Waals surface area contributed by atoms with Gasteiger partial charge in [-0.3, -0.25) is 0 Å². The molecule has 0 aliphatic carbocycles. The van der Waals surface area contributed by atoms with Gasteiger partial charge in [-0.1, -0.05) is 6.07 Å². The largest absolute Gasteiger partial charge is 0.448 e. The summed E-state index contributed by atoms with van der Waals surface area (Å²) in [5, 5.41) is 9.83. The first-order valence-electron chi connectivity index (χ1n) is 6.34. The van der Waals surface area contributed by atoms with E-state index in [4.69, 9.17) is 9.15 Å². The Morgan fingerprint density at radius 3 is 2.90 bits per heavy atom. The minimum atomic E-state index is -0.603. The normalized spacial score (nSPS) is 12.3. The summed E-state index contributed by atoms with van der Waals surface area (Å²) in [5.74, 6) is 0.286. The van der Waals surface area contributed by atoms with Crippen LogP contribution in [-0.4, -0.2) is 20.7 Å². The summed E-state index contributed by atoms with van der Waals surface area (Å²) < 4.78 is 12.6. The van der Waals surface area contributed by atoms with Gasteiger partial charge >= 0.3 is 5.97 Å². The van der Waals surface area contributed by atoms with Crippen LogP contribution in [-0.2, 0) is 11.8 Å². The highest BCUT2D eigenvalue weighted by molar-refractivity contribution is 7.13. The molecule has 0 saturated heterocycles. The number of aryl methyl sites for hydroxylation is 1. The molecule has 0 spiro atoms. The van der Waals surface area contributed by atoms with Crippen molar-refractivity contribution in [1.82, 2.24) is 14.8 Å². The van der Waals surface area contributed by atoms with Crippen molar-refractivity contribution in [1.29, 1.82) is 0 Å². The van der Waals surface area contributed by atoms with Crippen LogP contribution in [0, 0.1) is 0 Å². The maximum atomic E-state index is 12.0. The summed E-state index contributed by atoms with van der Waals surface area (Å²) in [6.07, 6.45) is 1.18. The number of hydrogen-bond donors (Lipinski definition) is 0. The smallest absolute Gasteiger partial charge is 0.355 e. The van der Waals surface area contributed by atoms with Gasteiger partial charge in [-0.15, -0.1) is 21.5 Å². The standard InChI is InChI=1S/C14H13N3O3S/c1-9(19-14(18)10-5-3-7-17(10)2)12-15-16-13(20-12)11-6-4-8-21-11/h3-9H,1-2H3. The van der Waals surface area contributed by atoms with Crippen LogP contribution in [0.25, 0.3) is 10.8 Å². The molecule has 21 heavy (non-hydrogen) atoms.